The molecule has 0 radical (unpaired) electrons. The molecule has 10 aromatic carbocycles. The van der Waals surface area contributed by atoms with E-state index in [1.54, 1.807) is 133 Å². The summed E-state index contributed by atoms with van der Waals surface area (Å²) in [7, 11) is 0. The molecule has 0 unspecified atom stereocenters. The van der Waals surface area contributed by atoms with Crippen LogP contribution in [-0.4, -0.2) is 103 Å². The van der Waals surface area contributed by atoms with Gasteiger partial charge in [-0.15, -0.1) is 0 Å². The zero-order chi connectivity index (χ0) is 86.6. The molecule has 0 saturated carbocycles. The lowest BCUT2D eigenvalue weighted by atomic mass is 10.1. The van der Waals surface area contributed by atoms with Crippen molar-refractivity contribution in [2.75, 3.05) is 73.2 Å². The average Bonchev–Trinajstić information content (AvgIpc) is 0.803. The fraction of sp³-hybridized carbons (Fsp3) is 0.214. The number of aryl methyl sites for hydroxylation is 2. The Hall–Kier alpha value is -14.7. The number of carbonyl (C=O) groups excluding carboxylic acids is 5. The minimum Gasteiger partial charge on any atom is -0.494 e. The van der Waals surface area contributed by atoms with Crippen molar-refractivity contribution < 1.29 is 115 Å². The second kappa shape index (κ2) is 53.6. The lowest BCUT2D eigenvalue weighted by molar-refractivity contribution is -0.249. The Morgan fingerprint density at radius 2 is 0.566 bits per heavy atom. The molecule has 0 aliphatic heterocycles. The summed E-state index contributed by atoms with van der Waals surface area (Å²) in [6.45, 7) is 28.3. The predicted octanol–water partition coefficient (Wildman–Crippen LogP) is 20.6. The molecule has 0 spiro atoms. The van der Waals surface area contributed by atoms with E-state index < -0.39 is 29.8 Å². The van der Waals surface area contributed by atoms with Crippen molar-refractivity contribution >= 4 is 52.8 Å². The fourth-order valence-electron chi connectivity index (χ4n) is 10.5. The third-order valence-corrected chi connectivity index (χ3v) is 17.0. The van der Waals surface area contributed by atoms with Crippen molar-refractivity contribution in [2.24, 2.45) is 0 Å². The average molecular weight is 1660 g/mol. The van der Waals surface area contributed by atoms with Gasteiger partial charge >= 0.3 is 29.8 Å². The maximum absolute atomic E-state index is 12.7. The van der Waals surface area contributed by atoms with Crippen molar-refractivity contribution in [3.63, 3.8) is 0 Å². The van der Waals surface area contributed by atoms with Crippen LogP contribution in [0, 0.1) is 13.8 Å². The molecule has 0 aliphatic carbocycles. The lowest BCUT2D eigenvalue weighted by Crippen LogP contribution is -2.09. The second-order valence-corrected chi connectivity index (χ2v) is 26.0. The highest BCUT2D eigenvalue weighted by Crippen LogP contribution is 2.30. The SMILES string of the molecule is C=C=COOCCCCOc1ccc(OCOc2ccc(OC(=O)c3ccc(OCCCCOC(=O)C=C)cc3)cc2C)cc1.C=C=COOCCCCOc1ccc(OCOc2ccc3cc(OC(=O)c4ccc(OCCCCOC(=O)C=C)cc4)ccc3c2)cc1.C=Cc1ccc(OCOc2ccc(OC(=O)c3ccc(C=C)cc3)cc2C)cc1. The number of hydrogen-bond donors (Lipinski definition) is 0. The third kappa shape index (κ3) is 34.9. The number of fused-ring (bicyclic) bond motifs is 1. The summed E-state index contributed by atoms with van der Waals surface area (Å²) in [4.78, 5) is 78.9. The molecule has 0 bridgehead atoms. The van der Waals surface area contributed by atoms with Crippen molar-refractivity contribution in [3.05, 3.63) is 333 Å². The quantitative estimate of drug-likeness (QED) is 0.00395. The number of ether oxygens (including phenoxy) is 15. The van der Waals surface area contributed by atoms with E-state index in [0.717, 1.165) is 82.4 Å². The summed E-state index contributed by atoms with van der Waals surface area (Å²) in [5, 5.41) is 1.81. The largest absolute Gasteiger partial charge is 0.494 e. The van der Waals surface area contributed by atoms with Crippen LogP contribution >= 0.6 is 0 Å². The number of unbranched alkanes of at least 4 members (excludes halogenated alkanes) is 4. The lowest BCUT2D eigenvalue weighted by Gasteiger charge is -2.12. The molecule has 0 aliphatic rings. The summed E-state index contributed by atoms with van der Waals surface area (Å²) >= 11 is 0. The van der Waals surface area contributed by atoms with Crippen LogP contribution in [0.5, 0.6) is 74.7 Å². The van der Waals surface area contributed by atoms with Gasteiger partial charge in [-0.05, 0) is 280 Å². The Morgan fingerprint density at radius 3 is 0.918 bits per heavy atom. The van der Waals surface area contributed by atoms with Crippen molar-refractivity contribution in [1.82, 2.24) is 0 Å². The summed E-state index contributed by atoms with van der Waals surface area (Å²) < 4.78 is 83.4. The number of hydrogen-bond acceptors (Lipinski definition) is 24. The molecular formula is C98H98O24. The van der Waals surface area contributed by atoms with Crippen molar-refractivity contribution in [3.8, 4) is 74.7 Å². The van der Waals surface area contributed by atoms with Crippen molar-refractivity contribution in [2.45, 2.75) is 65.2 Å². The molecule has 0 saturated heterocycles. The van der Waals surface area contributed by atoms with Gasteiger partial charge in [0.15, 0.2) is 12.5 Å². The van der Waals surface area contributed by atoms with E-state index in [-0.39, 0.29) is 20.4 Å². The van der Waals surface area contributed by atoms with Gasteiger partial charge in [0.25, 0.3) is 0 Å². The molecule has 10 rings (SSSR count). The monoisotopic (exact) mass is 1660 g/mol. The molecule has 122 heavy (non-hydrogen) atoms. The first kappa shape index (κ1) is 92.8. The number of carbonyl (C=O) groups is 5. The maximum atomic E-state index is 12.7. The summed E-state index contributed by atoms with van der Waals surface area (Å²) in [6.07, 6.45) is 14.3. The Morgan fingerprint density at radius 1 is 0.295 bits per heavy atom. The molecule has 0 aromatic heterocycles. The number of rotatable bonds is 50. The molecule has 10 aromatic rings. The first-order valence-corrected chi connectivity index (χ1v) is 39.0. The van der Waals surface area contributed by atoms with Gasteiger partial charge in [-0.2, -0.15) is 9.78 Å². The summed E-state index contributed by atoms with van der Waals surface area (Å²) in [5.74, 6) is 5.64. The second-order valence-electron chi connectivity index (χ2n) is 26.0. The van der Waals surface area contributed by atoms with E-state index in [4.69, 9.17) is 90.6 Å². The van der Waals surface area contributed by atoms with E-state index in [0.29, 0.717) is 158 Å². The van der Waals surface area contributed by atoms with Gasteiger partial charge in [0, 0.05) is 12.2 Å². The zero-order valence-electron chi connectivity index (χ0n) is 68.2. The van der Waals surface area contributed by atoms with Gasteiger partial charge in [-0.1, -0.05) is 99.5 Å². The van der Waals surface area contributed by atoms with Gasteiger partial charge in [0.05, 0.1) is 69.5 Å². The first-order chi connectivity index (χ1) is 59.6. The van der Waals surface area contributed by atoms with E-state index in [2.05, 4.69) is 50.9 Å². The van der Waals surface area contributed by atoms with Crippen molar-refractivity contribution in [1.29, 1.82) is 0 Å². The smallest absolute Gasteiger partial charge is 0.343 e. The Bertz CT molecular complexity index is 5050. The minimum atomic E-state index is -0.491. The summed E-state index contributed by atoms with van der Waals surface area (Å²) in [6, 6.07) is 63.9. The van der Waals surface area contributed by atoms with Gasteiger partial charge in [0.1, 0.15) is 74.7 Å². The fourth-order valence-corrected chi connectivity index (χ4v) is 10.5. The predicted molar refractivity (Wildman–Crippen MR) is 461 cm³/mol. The summed E-state index contributed by atoms with van der Waals surface area (Å²) in [5.41, 5.74) is 9.75. The van der Waals surface area contributed by atoms with Crippen LogP contribution in [0.2, 0.25) is 0 Å². The molecule has 0 heterocycles. The van der Waals surface area contributed by atoms with Gasteiger partial charge in [0.2, 0.25) is 20.4 Å². The number of esters is 5. The Kier molecular flexibility index (Phi) is 40.8. The molecule has 24 heteroatoms. The molecule has 24 nitrogen and oxygen atoms in total. The number of benzene rings is 10. The van der Waals surface area contributed by atoms with E-state index in [1.807, 2.05) is 111 Å². The Labute approximate surface area is 709 Å². The van der Waals surface area contributed by atoms with Crippen LogP contribution < -0.4 is 61.6 Å². The van der Waals surface area contributed by atoms with Crippen LogP contribution in [0.3, 0.4) is 0 Å². The maximum Gasteiger partial charge on any atom is 0.343 e. The van der Waals surface area contributed by atoms with Gasteiger partial charge < -0.3 is 80.8 Å². The molecule has 634 valence electrons. The molecule has 0 fully saturated rings. The van der Waals surface area contributed by atoms with Crippen LogP contribution in [0.25, 0.3) is 22.9 Å². The van der Waals surface area contributed by atoms with E-state index >= 15 is 0 Å². The van der Waals surface area contributed by atoms with Gasteiger partial charge in [-0.3, -0.25) is 0 Å². The Balaban J connectivity index is 0.000000234. The highest BCUT2D eigenvalue weighted by Gasteiger charge is 2.16. The highest BCUT2D eigenvalue weighted by atomic mass is 17.2. The van der Waals surface area contributed by atoms with Crippen LogP contribution in [0.1, 0.15) is 105 Å². The highest BCUT2D eigenvalue weighted by molar-refractivity contribution is 5.93. The van der Waals surface area contributed by atoms with E-state index in [1.165, 1.54) is 12.5 Å². The zero-order valence-corrected chi connectivity index (χ0v) is 68.2. The topological polar surface area (TPSA) is 261 Å². The minimum absolute atomic E-state index is 0.000471. The first-order valence-electron chi connectivity index (χ1n) is 39.0. The van der Waals surface area contributed by atoms with Gasteiger partial charge in [-0.25, -0.2) is 24.0 Å². The van der Waals surface area contributed by atoms with E-state index in [9.17, 15) is 24.0 Å². The normalized spacial score (nSPS) is 10.2. The van der Waals surface area contributed by atoms with Crippen LogP contribution in [-0.2, 0) is 38.6 Å². The molecule has 0 amide bonds. The third-order valence-electron chi connectivity index (χ3n) is 17.0. The molecule has 0 atom stereocenters. The van der Waals surface area contributed by atoms with Crippen LogP contribution in [0.4, 0.5) is 0 Å². The standard InChI is InChI=1S/C38H38O10.C35H38O10.C25H22O4/c1-3-21-46-47-25-8-7-23-42-33-17-19-34(20-18-33)44-28-45-35-15-11-31-27-36(16-12-30(31)26-35)48-38(40)29-9-13-32(14-10-29)41-22-5-6-24-43-37(39)4-2;1-4-20-43-44-24-9-8-22-39-30-14-16-31(17-15-30)41-26-42-33-19-18-32(25-27(33)3)45-35(37)28-10-12-29(13-11-28)38-21-6-7-23-40-34(36)5-2;1-4-19-6-10-21(11-7-19)25(26)29-23-14-15-24(18(3)16-23)28-17-27-22-12-8-20(5-2)9-13-22/h4,9-21,26-27H,1-2,5-8,22-25,28H2;5,10-20,25H,1-2,6-9,21-24,26H2,3H3;4-16H,1-2,17H2,3H3. The molecule has 0 N–H and O–H groups in total. The van der Waals surface area contributed by atoms with Crippen LogP contribution in [0.15, 0.2) is 294 Å². The molecular weight excluding hydrogens is 1560 g/mol.